The smallest absolute Gasteiger partial charge is 0.281 e. The third-order valence-corrected chi connectivity index (χ3v) is 3.58. The van der Waals surface area contributed by atoms with Crippen LogP contribution in [0, 0.1) is 10.1 Å². The Labute approximate surface area is 132 Å². The summed E-state index contributed by atoms with van der Waals surface area (Å²) in [5, 5.41) is 16.0. The van der Waals surface area contributed by atoms with Crippen molar-refractivity contribution in [2.45, 2.75) is 5.16 Å². The Bertz CT molecular complexity index is 898. The highest BCUT2D eigenvalue weighted by Crippen LogP contribution is 2.30. The van der Waals surface area contributed by atoms with E-state index in [9.17, 15) is 10.1 Å². The second-order valence-electron chi connectivity index (χ2n) is 4.13. The number of aromatic nitrogens is 5. The number of nitro benzene ring substituents is 1. The maximum absolute atomic E-state index is 11.2. The largest absolute Gasteiger partial charge is 0.368 e. The van der Waals surface area contributed by atoms with Gasteiger partial charge in [0.25, 0.3) is 11.5 Å². The van der Waals surface area contributed by atoms with Crippen LogP contribution in [0.15, 0.2) is 23.4 Å². The van der Waals surface area contributed by atoms with Crippen molar-refractivity contribution in [2.24, 2.45) is 0 Å². The Morgan fingerprint density at radius 3 is 2.82 bits per heavy atom. The third-order valence-electron chi connectivity index (χ3n) is 2.79. The summed E-state index contributed by atoms with van der Waals surface area (Å²) in [6.07, 6.45) is 1.80. The Balaban J connectivity index is 2.23. The van der Waals surface area contributed by atoms with E-state index in [1.807, 2.05) is 0 Å². The predicted molar refractivity (Wildman–Crippen MR) is 81.9 cm³/mol. The van der Waals surface area contributed by atoms with Crippen LogP contribution in [-0.2, 0) is 0 Å². The zero-order valence-corrected chi connectivity index (χ0v) is 12.7. The summed E-state index contributed by atoms with van der Waals surface area (Å²) in [7, 11) is 0. The average Bonchev–Trinajstić information content (AvgIpc) is 2.91. The van der Waals surface area contributed by atoms with Gasteiger partial charge in [-0.05, 0) is 18.4 Å². The number of nitrogens with two attached hydrogens (primary N) is 1. The van der Waals surface area contributed by atoms with Gasteiger partial charge in [0, 0.05) is 11.1 Å². The van der Waals surface area contributed by atoms with Crippen LogP contribution in [0.2, 0.25) is 5.02 Å². The van der Waals surface area contributed by atoms with Gasteiger partial charge < -0.3 is 5.73 Å². The molecule has 0 bridgehead atoms. The normalized spacial score (nSPS) is 11.0. The molecule has 0 saturated carbocycles. The summed E-state index contributed by atoms with van der Waals surface area (Å²) in [6, 6.07) is 4.25. The first-order valence-corrected chi connectivity index (χ1v) is 7.48. The minimum atomic E-state index is -0.546. The fourth-order valence-electron chi connectivity index (χ4n) is 1.84. The van der Waals surface area contributed by atoms with Gasteiger partial charge in [-0.1, -0.05) is 23.4 Å². The highest BCUT2D eigenvalue weighted by atomic mass is 35.5. The lowest BCUT2D eigenvalue weighted by atomic mass is 10.2. The Morgan fingerprint density at radius 1 is 1.36 bits per heavy atom. The number of thioether (sulfide) groups is 1. The van der Waals surface area contributed by atoms with Gasteiger partial charge in [-0.2, -0.15) is 19.5 Å². The molecular weight excluding hydrogens is 330 g/mol. The fraction of sp³-hybridized carbons (Fsp3) is 0.0909. The van der Waals surface area contributed by atoms with Crippen LogP contribution in [0.25, 0.3) is 17.2 Å². The SMILES string of the molecule is CSc1nc(N)n2nc(-c3ccc(Cl)cc3[N+](=O)[O-])nc2n1. The molecule has 11 heteroatoms. The van der Waals surface area contributed by atoms with Gasteiger partial charge in [-0.15, -0.1) is 5.10 Å². The van der Waals surface area contributed by atoms with E-state index in [2.05, 4.69) is 20.1 Å². The van der Waals surface area contributed by atoms with Crippen LogP contribution in [0.1, 0.15) is 0 Å². The molecular formula is C11H8ClN7O2S. The van der Waals surface area contributed by atoms with E-state index < -0.39 is 4.92 Å². The van der Waals surface area contributed by atoms with Crippen molar-refractivity contribution in [2.75, 3.05) is 12.0 Å². The quantitative estimate of drug-likeness (QED) is 0.437. The second kappa shape index (κ2) is 5.39. The van der Waals surface area contributed by atoms with Gasteiger partial charge >= 0.3 is 0 Å². The van der Waals surface area contributed by atoms with E-state index in [4.69, 9.17) is 17.3 Å². The molecule has 2 N–H and O–H groups in total. The van der Waals surface area contributed by atoms with Crippen molar-refractivity contribution in [3.8, 4) is 11.4 Å². The number of benzene rings is 1. The molecule has 0 fully saturated rings. The van der Waals surface area contributed by atoms with Crippen LogP contribution in [-0.4, -0.2) is 35.7 Å². The standard InChI is InChI=1S/C11H8ClN7O2S/c1-22-11-15-9(13)18-10(16-11)14-8(17-18)6-3-2-5(12)4-7(6)19(20)21/h2-4H,1H3,(H2,13,14,15,16,17). The maximum Gasteiger partial charge on any atom is 0.281 e. The molecule has 0 aliphatic heterocycles. The van der Waals surface area contributed by atoms with E-state index in [0.717, 1.165) is 0 Å². The van der Waals surface area contributed by atoms with Crippen LogP contribution in [0.3, 0.4) is 0 Å². The number of nitrogen functional groups attached to an aromatic ring is 1. The summed E-state index contributed by atoms with van der Waals surface area (Å²) in [6.45, 7) is 0. The number of fused-ring (bicyclic) bond motifs is 1. The molecule has 2 aromatic heterocycles. The first kappa shape index (κ1) is 14.5. The van der Waals surface area contributed by atoms with Crippen molar-refractivity contribution in [1.82, 2.24) is 24.6 Å². The van der Waals surface area contributed by atoms with E-state index in [0.29, 0.717) is 5.16 Å². The molecule has 0 radical (unpaired) electrons. The number of rotatable bonds is 3. The molecule has 3 aromatic rings. The minimum absolute atomic E-state index is 0.102. The first-order chi connectivity index (χ1) is 10.5. The zero-order chi connectivity index (χ0) is 15.9. The predicted octanol–water partition coefficient (Wildman–Crippen LogP) is 2.05. The van der Waals surface area contributed by atoms with Gasteiger partial charge in [-0.3, -0.25) is 10.1 Å². The summed E-state index contributed by atoms with van der Waals surface area (Å²) in [5.41, 5.74) is 5.82. The van der Waals surface area contributed by atoms with E-state index in [-0.39, 0.29) is 33.8 Å². The van der Waals surface area contributed by atoms with Crippen LogP contribution in [0.5, 0.6) is 0 Å². The number of halogens is 1. The van der Waals surface area contributed by atoms with Crippen LogP contribution < -0.4 is 5.73 Å². The molecule has 112 valence electrons. The van der Waals surface area contributed by atoms with Crippen molar-refractivity contribution < 1.29 is 4.92 Å². The number of hydrogen-bond acceptors (Lipinski definition) is 8. The van der Waals surface area contributed by atoms with Gasteiger partial charge in [0.2, 0.25) is 5.95 Å². The monoisotopic (exact) mass is 337 g/mol. The van der Waals surface area contributed by atoms with E-state index >= 15 is 0 Å². The van der Waals surface area contributed by atoms with Gasteiger partial charge in [0.05, 0.1) is 10.5 Å². The highest BCUT2D eigenvalue weighted by molar-refractivity contribution is 7.98. The van der Waals surface area contributed by atoms with Crippen molar-refractivity contribution >= 4 is 40.8 Å². The summed E-state index contributed by atoms with van der Waals surface area (Å²) < 4.78 is 1.23. The molecule has 0 saturated heterocycles. The number of nitro groups is 1. The lowest BCUT2D eigenvalue weighted by Crippen LogP contribution is -2.04. The Morgan fingerprint density at radius 2 is 2.14 bits per heavy atom. The second-order valence-corrected chi connectivity index (χ2v) is 5.34. The maximum atomic E-state index is 11.2. The molecule has 3 rings (SSSR count). The van der Waals surface area contributed by atoms with Gasteiger partial charge in [0.15, 0.2) is 11.0 Å². The molecule has 9 nitrogen and oxygen atoms in total. The first-order valence-electron chi connectivity index (χ1n) is 5.88. The Kier molecular flexibility index (Phi) is 3.54. The molecule has 0 unspecified atom stereocenters. The van der Waals surface area contributed by atoms with E-state index in [1.165, 1.54) is 34.5 Å². The number of hydrogen-bond donors (Lipinski definition) is 1. The third kappa shape index (κ3) is 2.42. The fourth-order valence-corrected chi connectivity index (χ4v) is 2.36. The molecule has 22 heavy (non-hydrogen) atoms. The summed E-state index contributed by atoms with van der Waals surface area (Å²) >= 11 is 7.10. The zero-order valence-electron chi connectivity index (χ0n) is 11.1. The minimum Gasteiger partial charge on any atom is -0.368 e. The lowest BCUT2D eigenvalue weighted by molar-refractivity contribution is -0.384. The molecule has 2 heterocycles. The molecule has 1 aromatic carbocycles. The van der Waals surface area contributed by atoms with Crippen molar-refractivity contribution in [3.63, 3.8) is 0 Å². The highest BCUT2D eigenvalue weighted by Gasteiger charge is 2.21. The topological polar surface area (TPSA) is 125 Å². The lowest BCUT2D eigenvalue weighted by Gasteiger charge is -1.99. The Hall–Kier alpha value is -2.46. The molecule has 0 amide bonds. The summed E-state index contributed by atoms with van der Waals surface area (Å²) in [4.78, 5) is 23.0. The van der Waals surface area contributed by atoms with Crippen LogP contribution in [0.4, 0.5) is 11.6 Å². The molecule has 0 aliphatic carbocycles. The molecule has 0 atom stereocenters. The van der Waals surface area contributed by atoms with Crippen molar-refractivity contribution in [1.29, 1.82) is 0 Å². The molecule has 0 spiro atoms. The average molecular weight is 338 g/mol. The van der Waals surface area contributed by atoms with Gasteiger partial charge in [-0.25, -0.2) is 0 Å². The van der Waals surface area contributed by atoms with E-state index in [1.54, 1.807) is 6.26 Å². The van der Waals surface area contributed by atoms with Crippen molar-refractivity contribution in [3.05, 3.63) is 33.3 Å². The molecule has 0 aliphatic rings. The van der Waals surface area contributed by atoms with Gasteiger partial charge in [0.1, 0.15) is 0 Å². The number of nitrogens with zero attached hydrogens (tertiary/aromatic N) is 6. The van der Waals surface area contributed by atoms with Crippen LogP contribution >= 0.6 is 23.4 Å². The number of anilines is 1. The summed E-state index contributed by atoms with van der Waals surface area (Å²) in [5.74, 6) is 0.448.